The maximum absolute atomic E-state index is 13.1. The van der Waals surface area contributed by atoms with Crippen molar-refractivity contribution in [3.8, 4) is 0 Å². The fourth-order valence-electron chi connectivity index (χ4n) is 7.61. The topological polar surface area (TPSA) is 58.2 Å². The maximum Gasteiger partial charge on any atom is 0.226 e. The van der Waals surface area contributed by atoms with E-state index in [1.165, 1.54) is 19.3 Å². The Kier molecular flexibility index (Phi) is 4.70. The van der Waals surface area contributed by atoms with E-state index in [0.717, 1.165) is 51.6 Å². The quantitative estimate of drug-likeness (QED) is 0.688. The van der Waals surface area contributed by atoms with E-state index >= 15 is 0 Å². The molecular formula is C21H36N2O2. The van der Waals surface area contributed by atoms with Gasteiger partial charge in [-0.2, -0.15) is 0 Å². The monoisotopic (exact) mass is 348 g/mol. The van der Waals surface area contributed by atoms with Crippen LogP contribution in [0.4, 0.5) is 0 Å². The summed E-state index contributed by atoms with van der Waals surface area (Å²) in [4.78, 5) is 24.0. The van der Waals surface area contributed by atoms with Gasteiger partial charge in [0.05, 0.1) is 5.41 Å². The highest BCUT2D eigenvalue weighted by molar-refractivity contribution is 5.83. The highest BCUT2D eigenvalue weighted by Crippen LogP contribution is 2.73. The van der Waals surface area contributed by atoms with Crippen LogP contribution in [0.2, 0.25) is 0 Å². The van der Waals surface area contributed by atoms with Crippen LogP contribution in [0.25, 0.3) is 0 Å². The van der Waals surface area contributed by atoms with E-state index in [4.69, 9.17) is 0 Å². The van der Waals surface area contributed by atoms with Crippen molar-refractivity contribution < 1.29 is 9.59 Å². The molecule has 0 heterocycles. The highest BCUT2D eigenvalue weighted by Gasteiger charge is 2.66. The van der Waals surface area contributed by atoms with Crippen LogP contribution < -0.4 is 10.6 Å². The van der Waals surface area contributed by atoms with E-state index in [1.54, 1.807) is 6.92 Å². The minimum atomic E-state index is -0.122. The van der Waals surface area contributed by atoms with Gasteiger partial charge in [-0.25, -0.2) is 0 Å². The van der Waals surface area contributed by atoms with Crippen LogP contribution in [0.1, 0.15) is 85.5 Å². The molecule has 4 fully saturated rings. The number of rotatable bonds is 7. The predicted molar refractivity (Wildman–Crippen MR) is 100 cm³/mol. The third-order valence-electron chi connectivity index (χ3n) is 6.85. The first-order valence-electron chi connectivity index (χ1n) is 10.1. The second-order valence-corrected chi connectivity index (χ2v) is 10.6. The Hall–Kier alpha value is -1.06. The molecule has 4 rings (SSSR count). The number of carbonyl (C=O) groups excluding carboxylic acids is 2. The molecule has 4 bridgehead atoms. The molecule has 2 N–H and O–H groups in total. The molecule has 4 aliphatic carbocycles. The normalized spacial score (nSPS) is 41.6. The molecule has 4 saturated carbocycles. The molecule has 0 aromatic heterocycles. The van der Waals surface area contributed by atoms with Gasteiger partial charge in [0.25, 0.3) is 0 Å². The lowest BCUT2D eigenvalue weighted by atomic mass is 9.36. The van der Waals surface area contributed by atoms with Gasteiger partial charge in [0.2, 0.25) is 11.8 Å². The van der Waals surface area contributed by atoms with E-state index in [1.807, 2.05) is 0 Å². The van der Waals surface area contributed by atoms with Gasteiger partial charge >= 0.3 is 0 Å². The first kappa shape index (κ1) is 18.7. The minimum Gasteiger partial charge on any atom is -0.356 e. The summed E-state index contributed by atoms with van der Waals surface area (Å²) >= 11 is 0. The van der Waals surface area contributed by atoms with Crippen molar-refractivity contribution in [3.05, 3.63) is 0 Å². The van der Waals surface area contributed by atoms with Gasteiger partial charge in [0.15, 0.2) is 0 Å². The van der Waals surface area contributed by atoms with Crippen LogP contribution in [-0.4, -0.2) is 24.9 Å². The van der Waals surface area contributed by atoms with E-state index in [0.29, 0.717) is 22.2 Å². The summed E-state index contributed by atoms with van der Waals surface area (Å²) in [6, 6.07) is 0. The van der Waals surface area contributed by atoms with Crippen LogP contribution in [0, 0.1) is 21.7 Å². The number of amides is 2. The third kappa shape index (κ3) is 3.88. The number of unbranched alkanes of at least 4 members (excludes halogenated alkanes) is 2. The molecule has 0 radical (unpaired) electrons. The maximum atomic E-state index is 13.1. The van der Waals surface area contributed by atoms with Crippen molar-refractivity contribution >= 4 is 11.8 Å². The summed E-state index contributed by atoms with van der Waals surface area (Å²) in [6.07, 6.45) is 10.2. The lowest BCUT2D eigenvalue weighted by Crippen LogP contribution is -2.62. The molecular weight excluding hydrogens is 312 g/mol. The number of nitrogens with one attached hydrogen (secondary N) is 2. The first-order valence-corrected chi connectivity index (χ1v) is 10.1. The molecule has 0 spiro atoms. The fraction of sp³-hybridized carbons (Fsp3) is 0.905. The smallest absolute Gasteiger partial charge is 0.226 e. The molecule has 142 valence electrons. The molecule has 0 atom stereocenters. The lowest BCUT2D eigenvalue weighted by molar-refractivity contribution is -0.191. The van der Waals surface area contributed by atoms with Gasteiger partial charge < -0.3 is 10.6 Å². The minimum absolute atomic E-state index is 0.0330. The second kappa shape index (κ2) is 6.28. The fourth-order valence-corrected chi connectivity index (χ4v) is 7.61. The average Bonchev–Trinajstić information content (AvgIpc) is 2.40. The average molecular weight is 349 g/mol. The zero-order chi connectivity index (χ0) is 18.3. The van der Waals surface area contributed by atoms with Crippen molar-refractivity contribution in [2.75, 3.05) is 13.1 Å². The van der Waals surface area contributed by atoms with Crippen LogP contribution in [0.5, 0.6) is 0 Å². The molecule has 2 amide bonds. The van der Waals surface area contributed by atoms with Gasteiger partial charge in [-0.05, 0) is 74.0 Å². The Labute approximate surface area is 152 Å². The molecule has 25 heavy (non-hydrogen) atoms. The molecule has 4 heteroatoms. The summed E-state index contributed by atoms with van der Waals surface area (Å²) in [5.41, 5.74) is 0.943. The molecule has 0 aromatic carbocycles. The molecule has 0 unspecified atom stereocenters. The van der Waals surface area contributed by atoms with Crippen molar-refractivity contribution in [3.63, 3.8) is 0 Å². The Morgan fingerprint density at radius 3 is 1.60 bits per heavy atom. The van der Waals surface area contributed by atoms with Crippen LogP contribution in [0.15, 0.2) is 0 Å². The summed E-state index contributed by atoms with van der Waals surface area (Å²) in [5, 5.41) is 6.09. The molecule has 4 aliphatic rings. The van der Waals surface area contributed by atoms with E-state index in [2.05, 4.69) is 31.4 Å². The Bertz CT molecular complexity index is 503. The van der Waals surface area contributed by atoms with Crippen molar-refractivity contribution in [1.82, 2.24) is 10.6 Å². The van der Waals surface area contributed by atoms with Crippen molar-refractivity contribution in [1.29, 1.82) is 0 Å². The van der Waals surface area contributed by atoms with Crippen LogP contribution >= 0.6 is 0 Å². The first-order chi connectivity index (χ1) is 11.6. The highest BCUT2D eigenvalue weighted by atomic mass is 16.2. The van der Waals surface area contributed by atoms with Gasteiger partial charge in [0.1, 0.15) is 0 Å². The van der Waals surface area contributed by atoms with Crippen LogP contribution in [-0.2, 0) is 9.59 Å². The Morgan fingerprint density at radius 1 is 0.720 bits per heavy atom. The zero-order valence-electron chi connectivity index (χ0n) is 16.6. The van der Waals surface area contributed by atoms with Crippen molar-refractivity contribution in [2.45, 2.75) is 85.5 Å². The predicted octanol–water partition coefficient (Wildman–Crippen LogP) is 3.80. The summed E-state index contributed by atoms with van der Waals surface area (Å²) in [7, 11) is 0. The second-order valence-electron chi connectivity index (χ2n) is 10.6. The Morgan fingerprint density at radius 2 is 1.16 bits per heavy atom. The number of carbonyl (C=O) groups is 2. The number of hydrogen-bond donors (Lipinski definition) is 2. The van der Waals surface area contributed by atoms with E-state index in [9.17, 15) is 9.59 Å². The summed E-state index contributed by atoms with van der Waals surface area (Å²) in [6.45, 7) is 10.3. The third-order valence-corrected chi connectivity index (χ3v) is 6.85. The van der Waals surface area contributed by atoms with E-state index < -0.39 is 0 Å². The van der Waals surface area contributed by atoms with Gasteiger partial charge in [0, 0.05) is 20.0 Å². The van der Waals surface area contributed by atoms with Crippen LogP contribution in [0.3, 0.4) is 0 Å². The zero-order valence-corrected chi connectivity index (χ0v) is 16.6. The lowest BCUT2D eigenvalue weighted by Gasteiger charge is -2.68. The van der Waals surface area contributed by atoms with Gasteiger partial charge in [-0.1, -0.05) is 20.8 Å². The Balaban J connectivity index is 1.51. The molecule has 0 aliphatic heterocycles. The largest absolute Gasteiger partial charge is 0.356 e. The standard InChI is InChI=1S/C21H36N2O2/c1-16(24)22-8-6-5-7-9-23-17(25)21-13-18(2)10-19(3,14-21)12-20(4,11-18)15-21/h5-15H2,1-4H3,(H,22,24)(H,23,25). The van der Waals surface area contributed by atoms with Gasteiger partial charge in [-0.3, -0.25) is 9.59 Å². The molecule has 0 aromatic rings. The van der Waals surface area contributed by atoms with Crippen molar-refractivity contribution in [2.24, 2.45) is 21.7 Å². The molecule has 0 saturated heterocycles. The summed E-state index contributed by atoms with van der Waals surface area (Å²) < 4.78 is 0. The molecule has 4 nitrogen and oxygen atoms in total. The van der Waals surface area contributed by atoms with E-state index in [-0.39, 0.29) is 11.3 Å². The summed E-state index contributed by atoms with van der Waals surface area (Å²) in [5.74, 6) is 0.350. The SMILES string of the molecule is CC(=O)NCCCCCNC(=O)C12CC3(C)CC(C)(CC(C)(C3)C1)C2. The van der Waals surface area contributed by atoms with Gasteiger partial charge in [-0.15, -0.1) is 0 Å². The number of hydrogen-bond acceptors (Lipinski definition) is 2.